The van der Waals surface area contributed by atoms with E-state index in [1.807, 2.05) is 32.7 Å². The van der Waals surface area contributed by atoms with Crippen molar-refractivity contribution in [3.05, 3.63) is 29.3 Å². The highest BCUT2D eigenvalue weighted by atomic mass is 19.4. The number of hydrogen-bond donors (Lipinski definition) is 1. The molecule has 108 valence electrons. The molecule has 0 spiro atoms. The fraction of sp³-hybridized carbons (Fsp3) is 0.571. The van der Waals surface area contributed by atoms with E-state index in [1.54, 1.807) is 6.07 Å². The maximum absolute atomic E-state index is 13.0. The lowest BCUT2D eigenvalue weighted by Crippen LogP contribution is -2.33. The number of nitrogens with two attached hydrogens (primary N) is 1. The van der Waals surface area contributed by atoms with Crippen LogP contribution in [0.4, 0.5) is 18.9 Å². The van der Waals surface area contributed by atoms with Crippen molar-refractivity contribution in [2.45, 2.75) is 39.5 Å². The van der Waals surface area contributed by atoms with E-state index in [-0.39, 0.29) is 18.2 Å². The Labute approximate surface area is 112 Å². The number of hydrogen-bond acceptors (Lipinski definition) is 2. The standard InChI is InChI=1S/C14H21F3N2/c1-9(2)10(3)19(4)12-6-5-11(8-18)13(7-12)14(15,16)17/h5-7,9-10H,8,18H2,1-4H3. The van der Waals surface area contributed by atoms with E-state index in [1.165, 1.54) is 12.1 Å². The van der Waals surface area contributed by atoms with E-state index < -0.39 is 11.7 Å². The van der Waals surface area contributed by atoms with Gasteiger partial charge in [-0.05, 0) is 30.5 Å². The van der Waals surface area contributed by atoms with Crippen molar-refractivity contribution in [3.63, 3.8) is 0 Å². The second-order valence-corrected chi connectivity index (χ2v) is 5.14. The van der Waals surface area contributed by atoms with Crippen LogP contribution in [0.2, 0.25) is 0 Å². The number of nitrogens with zero attached hydrogens (tertiary/aromatic N) is 1. The normalized spacial score (nSPS) is 13.7. The van der Waals surface area contributed by atoms with Gasteiger partial charge in [0.25, 0.3) is 0 Å². The molecule has 1 aromatic carbocycles. The Bertz CT molecular complexity index is 427. The van der Waals surface area contributed by atoms with Crippen LogP contribution in [0.5, 0.6) is 0 Å². The Hall–Kier alpha value is -1.23. The smallest absolute Gasteiger partial charge is 0.372 e. The third-order valence-corrected chi connectivity index (χ3v) is 3.60. The molecule has 0 saturated heterocycles. The minimum Gasteiger partial charge on any atom is -0.372 e. The molecule has 2 N–H and O–H groups in total. The summed E-state index contributed by atoms with van der Waals surface area (Å²) in [6.07, 6.45) is -4.37. The zero-order chi connectivity index (χ0) is 14.8. The van der Waals surface area contributed by atoms with Crippen molar-refractivity contribution in [3.8, 4) is 0 Å². The molecule has 1 rings (SSSR count). The quantitative estimate of drug-likeness (QED) is 0.908. The summed E-state index contributed by atoms with van der Waals surface area (Å²) in [5.41, 5.74) is 5.41. The van der Waals surface area contributed by atoms with Gasteiger partial charge in [-0.25, -0.2) is 0 Å². The molecule has 0 aliphatic heterocycles. The van der Waals surface area contributed by atoms with Gasteiger partial charge < -0.3 is 10.6 Å². The lowest BCUT2D eigenvalue weighted by molar-refractivity contribution is -0.138. The highest BCUT2D eigenvalue weighted by Crippen LogP contribution is 2.35. The molecule has 0 aromatic heterocycles. The van der Waals surface area contributed by atoms with Crippen LogP contribution in [0.1, 0.15) is 31.9 Å². The Balaban J connectivity index is 3.18. The Morgan fingerprint density at radius 3 is 2.21 bits per heavy atom. The second kappa shape index (κ2) is 5.82. The van der Waals surface area contributed by atoms with Gasteiger partial charge in [-0.1, -0.05) is 19.9 Å². The molecule has 0 saturated carbocycles. The number of rotatable bonds is 4. The van der Waals surface area contributed by atoms with Crippen LogP contribution in [0.15, 0.2) is 18.2 Å². The molecule has 0 radical (unpaired) electrons. The molecule has 0 amide bonds. The van der Waals surface area contributed by atoms with E-state index in [0.29, 0.717) is 11.6 Å². The molecule has 5 heteroatoms. The average Bonchev–Trinajstić information content (AvgIpc) is 2.35. The van der Waals surface area contributed by atoms with Gasteiger partial charge in [-0.2, -0.15) is 13.2 Å². The van der Waals surface area contributed by atoms with Gasteiger partial charge in [-0.3, -0.25) is 0 Å². The second-order valence-electron chi connectivity index (χ2n) is 5.14. The van der Waals surface area contributed by atoms with Gasteiger partial charge in [-0.15, -0.1) is 0 Å². The number of alkyl halides is 3. The van der Waals surface area contributed by atoms with Crippen molar-refractivity contribution >= 4 is 5.69 Å². The molecule has 0 fully saturated rings. The van der Waals surface area contributed by atoms with Crippen molar-refractivity contribution < 1.29 is 13.2 Å². The third-order valence-electron chi connectivity index (χ3n) is 3.60. The van der Waals surface area contributed by atoms with E-state index in [2.05, 4.69) is 0 Å². The summed E-state index contributed by atoms with van der Waals surface area (Å²) in [5, 5.41) is 0. The summed E-state index contributed by atoms with van der Waals surface area (Å²) in [4.78, 5) is 1.86. The number of halogens is 3. The maximum Gasteiger partial charge on any atom is 0.416 e. The van der Waals surface area contributed by atoms with Crippen LogP contribution in [0.3, 0.4) is 0 Å². The molecule has 1 aromatic rings. The molecular weight excluding hydrogens is 253 g/mol. The first-order valence-electron chi connectivity index (χ1n) is 6.31. The van der Waals surface area contributed by atoms with E-state index in [0.717, 1.165) is 0 Å². The van der Waals surface area contributed by atoms with Crippen LogP contribution in [-0.4, -0.2) is 13.1 Å². The minimum atomic E-state index is -4.37. The molecule has 0 aliphatic rings. The summed E-state index contributed by atoms with van der Waals surface area (Å²) in [5.74, 6) is 0.355. The fourth-order valence-electron chi connectivity index (χ4n) is 1.91. The molecule has 1 atom stereocenters. The van der Waals surface area contributed by atoms with Crippen LogP contribution < -0.4 is 10.6 Å². The fourth-order valence-corrected chi connectivity index (χ4v) is 1.91. The van der Waals surface area contributed by atoms with Gasteiger partial charge in [0.15, 0.2) is 0 Å². The highest BCUT2D eigenvalue weighted by molar-refractivity contribution is 5.52. The first-order valence-corrected chi connectivity index (χ1v) is 6.31. The third kappa shape index (κ3) is 3.62. The lowest BCUT2D eigenvalue weighted by atomic mass is 10.0. The molecule has 19 heavy (non-hydrogen) atoms. The first kappa shape index (κ1) is 15.8. The van der Waals surface area contributed by atoms with Crippen molar-refractivity contribution in [1.29, 1.82) is 0 Å². The molecular formula is C14H21F3N2. The first-order chi connectivity index (χ1) is 8.68. The van der Waals surface area contributed by atoms with Crippen molar-refractivity contribution in [2.75, 3.05) is 11.9 Å². The summed E-state index contributed by atoms with van der Waals surface area (Å²) in [6, 6.07) is 4.49. The summed E-state index contributed by atoms with van der Waals surface area (Å²) in [7, 11) is 1.81. The van der Waals surface area contributed by atoms with Crippen LogP contribution in [-0.2, 0) is 12.7 Å². The summed E-state index contributed by atoms with van der Waals surface area (Å²) in [6.45, 7) is 5.97. The predicted molar refractivity (Wildman–Crippen MR) is 72.0 cm³/mol. The van der Waals surface area contributed by atoms with Gasteiger partial charge in [0.1, 0.15) is 0 Å². The number of anilines is 1. The largest absolute Gasteiger partial charge is 0.416 e. The summed E-state index contributed by atoms with van der Waals surface area (Å²) >= 11 is 0. The number of benzene rings is 1. The highest BCUT2D eigenvalue weighted by Gasteiger charge is 2.33. The van der Waals surface area contributed by atoms with E-state index >= 15 is 0 Å². The molecule has 0 aliphatic carbocycles. The molecule has 0 bridgehead atoms. The SMILES string of the molecule is CC(C)C(C)N(C)c1ccc(CN)c(C(F)(F)F)c1. The lowest BCUT2D eigenvalue weighted by Gasteiger charge is -2.30. The van der Waals surface area contributed by atoms with Crippen molar-refractivity contribution in [1.82, 2.24) is 0 Å². The van der Waals surface area contributed by atoms with Gasteiger partial charge in [0, 0.05) is 25.3 Å². The van der Waals surface area contributed by atoms with Crippen LogP contribution >= 0.6 is 0 Å². The van der Waals surface area contributed by atoms with Crippen LogP contribution in [0.25, 0.3) is 0 Å². The zero-order valence-electron chi connectivity index (χ0n) is 11.8. The Morgan fingerprint density at radius 2 is 1.79 bits per heavy atom. The Kier molecular flexibility index (Phi) is 4.85. The maximum atomic E-state index is 13.0. The molecule has 1 unspecified atom stereocenters. The van der Waals surface area contributed by atoms with Crippen LogP contribution in [0, 0.1) is 5.92 Å². The van der Waals surface area contributed by atoms with Gasteiger partial charge >= 0.3 is 6.18 Å². The average molecular weight is 274 g/mol. The van der Waals surface area contributed by atoms with Gasteiger partial charge in [0.05, 0.1) is 5.56 Å². The molecule has 0 heterocycles. The predicted octanol–water partition coefficient (Wildman–Crippen LogP) is 3.64. The Morgan fingerprint density at radius 1 is 1.21 bits per heavy atom. The summed E-state index contributed by atoms with van der Waals surface area (Å²) < 4.78 is 38.9. The topological polar surface area (TPSA) is 29.3 Å². The van der Waals surface area contributed by atoms with E-state index in [9.17, 15) is 13.2 Å². The monoisotopic (exact) mass is 274 g/mol. The van der Waals surface area contributed by atoms with Crippen molar-refractivity contribution in [2.24, 2.45) is 11.7 Å². The molecule has 2 nitrogen and oxygen atoms in total. The minimum absolute atomic E-state index is 0.113. The van der Waals surface area contributed by atoms with E-state index in [4.69, 9.17) is 5.73 Å². The zero-order valence-corrected chi connectivity index (χ0v) is 11.8. The van der Waals surface area contributed by atoms with Gasteiger partial charge in [0.2, 0.25) is 0 Å².